The lowest BCUT2D eigenvalue weighted by Crippen LogP contribution is -2.06. The standard InChI is InChI=1S/C16H18BrNO4/c1-9(2)22-13-6-5-10(7-14(13)20-3)15-11(17)8-12(18-15)16(19)21-4/h5-9,18H,1-4H3. The summed E-state index contributed by atoms with van der Waals surface area (Å²) in [6.45, 7) is 3.91. The Labute approximate surface area is 137 Å². The molecule has 118 valence electrons. The van der Waals surface area contributed by atoms with Crippen LogP contribution in [0.15, 0.2) is 28.7 Å². The van der Waals surface area contributed by atoms with Crippen molar-refractivity contribution in [3.63, 3.8) is 0 Å². The number of carbonyl (C=O) groups is 1. The molecule has 0 saturated heterocycles. The first-order chi connectivity index (χ1) is 10.5. The summed E-state index contributed by atoms with van der Waals surface area (Å²) < 4.78 is 16.6. The third-order valence-corrected chi connectivity index (χ3v) is 3.62. The van der Waals surface area contributed by atoms with Gasteiger partial charge in [-0.05, 0) is 54.0 Å². The number of aromatic amines is 1. The van der Waals surface area contributed by atoms with Gasteiger partial charge in [-0.2, -0.15) is 0 Å². The zero-order valence-electron chi connectivity index (χ0n) is 12.9. The minimum Gasteiger partial charge on any atom is -0.493 e. The van der Waals surface area contributed by atoms with Crippen LogP contribution in [0.2, 0.25) is 0 Å². The lowest BCUT2D eigenvalue weighted by atomic mass is 10.1. The molecule has 6 heteroatoms. The second-order valence-corrected chi connectivity index (χ2v) is 5.78. The molecular formula is C16H18BrNO4. The number of H-pyrrole nitrogens is 1. The largest absolute Gasteiger partial charge is 0.493 e. The highest BCUT2D eigenvalue weighted by molar-refractivity contribution is 9.10. The Kier molecular flexibility index (Phi) is 5.13. The van der Waals surface area contributed by atoms with Gasteiger partial charge >= 0.3 is 5.97 Å². The molecule has 1 aromatic heterocycles. The first-order valence-corrected chi connectivity index (χ1v) is 7.57. The van der Waals surface area contributed by atoms with Crippen LogP contribution >= 0.6 is 15.9 Å². The van der Waals surface area contributed by atoms with E-state index in [1.165, 1.54) is 7.11 Å². The number of rotatable bonds is 5. The molecule has 0 bridgehead atoms. The van der Waals surface area contributed by atoms with Gasteiger partial charge in [-0.25, -0.2) is 4.79 Å². The van der Waals surface area contributed by atoms with E-state index in [0.29, 0.717) is 17.2 Å². The molecule has 22 heavy (non-hydrogen) atoms. The van der Waals surface area contributed by atoms with Crippen LogP contribution in [0.4, 0.5) is 0 Å². The molecule has 0 atom stereocenters. The Bertz CT molecular complexity index is 679. The van der Waals surface area contributed by atoms with E-state index in [-0.39, 0.29) is 6.10 Å². The van der Waals surface area contributed by atoms with E-state index in [1.807, 2.05) is 32.0 Å². The van der Waals surface area contributed by atoms with E-state index >= 15 is 0 Å². The number of methoxy groups -OCH3 is 2. The van der Waals surface area contributed by atoms with Crippen molar-refractivity contribution in [2.24, 2.45) is 0 Å². The van der Waals surface area contributed by atoms with Gasteiger partial charge in [0.05, 0.1) is 26.0 Å². The smallest absolute Gasteiger partial charge is 0.354 e. The molecule has 1 heterocycles. The number of hydrogen-bond acceptors (Lipinski definition) is 4. The first kappa shape index (κ1) is 16.4. The highest BCUT2D eigenvalue weighted by Gasteiger charge is 2.16. The number of nitrogens with one attached hydrogen (secondary N) is 1. The van der Waals surface area contributed by atoms with Gasteiger partial charge in [-0.3, -0.25) is 0 Å². The third kappa shape index (κ3) is 3.44. The molecule has 0 fully saturated rings. The van der Waals surface area contributed by atoms with Crippen LogP contribution in [-0.4, -0.2) is 31.3 Å². The van der Waals surface area contributed by atoms with Crippen molar-refractivity contribution in [1.82, 2.24) is 4.98 Å². The normalized spacial score (nSPS) is 10.6. The van der Waals surface area contributed by atoms with Crippen LogP contribution in [0.3, 0.4) is 0 Å². The molecule has 0 spiro atoms. The van der Waals surface area contributed by atoms with Gasteiger partial charge in [-0.15, -0.1) is 0 Å². The van der Waals surface area contributed by atoms with Crippen molar-refractivity contribution in [2.45, 2.75) is 20.0 Å². The summed E-state index contributed by atoms with van der Waals surface area (Å²) in [7, 11) is 2.94. The van der Waals surface area contributed by atoms with Gasteiger partial charge in [0.2, 0.25) is 0 Å². The van der Waals surface area contributed by atoms with Crippen molar-refractivity contribution in [3.05, 3.63) is 34.4 Å². The quantitative estimate of drug-likeness (QED) is 0.810. The summed E-state index contributed by atoms with van der Waals surface area (Å²) in [5.74, 6) is 0.892. The van der Waals surface area contributed by atoms with Gasteiger partial charge in [-0.1, -0.05) is 0 Å². The van der Waals surface area contributed by atoms with Gasteiger partial charge < -0.3 is 19.2 Å². The summed E-state index contributed by atoms with van der Waals surface area (Å²) in [5, 5.41) is 0. The fourth-order valence-corrected chi connectivity index (χ4v) is 2.59. The van der Waals surface area contributed by atoms with E-state index in [1.54, 1.807) is 13.2 Å². The Hall–Kier alpha value is -1.95. The average Bonchev–Trinajstić information content (AvgIpc) is 2.88. The molecule has 2 rings (SSSR count). The number of halogens is 1. The summed E-state index contributed by atoms with van der Waals surface area (Å²) in [5.41, 5.74) is 2.02. The SMILES string of the molecule is COC(=O)c1cc(Br)c(-c2ccc(OC(C)C)c(OC)c2)[nH]1. The van der Waals surface area contributed by atoms with Crippen molar-refractivity contribution in [2.75, 3.05) is 14.2 Å². The third-order valence-electron chi connectivity index (χ3n) is 2.99. The van der Waals surface area contributed by atoms with Crippen molar-refractivity contribution >= 4 is 21.9 Å². The number of esters is 1. The number of hydrogen-bond donors (Lipinski definition) is 1. The van der Waals surface area contributed by atoms with Crippen LogP contribution in [-0.2, 0) is 4.74 Å². The van der Waals surface area contributed by atoms with Gasteiger partial charge in [0.25, 0.3) is 0 Å². The molecule has 1 aromatic carbocycles. The van der Waals surface area contributed by atoms with Crippen LogP contribution in [0, 0.1) is 0 Å². The molecule has 0 aliphatic rings. The highest BCUT2D eigenvalue weighted by Crippen LogP contribution is 2.36. The summed E-state index contributed by atoms with van der Waals surface area (Å²) >= 11 is 3.45. The zero-order chi connectivity index (χ0) is 16.3. The number of carbonyl (C=O) groups excluding carboxylic acids is 1. The summed E-state index contributed by atoms with van der Waals surface area (Å²) in [6.07, 6.45) is 0.0582. The van der Waals surface area contributed by atoms with Gasteiger partial charge in [0, 0.05) is 10.0 Å². The van der Waals surface area contributed by atoms with Crippen molar-refractivity contribution in [3.8, 4) is 22.8 Å². The van der Waals surface area contributed by atoms with Crippen LogP contribution in [0.25, 0.3) is 11.3 Å². The maximum absolute atomic E-state index is 11.6. The van der Waals surface area contributed by atoms with Crippen molar-refractivity contribution < 1.29 is 19.0 Å². The number of ether oxygens (including phenoxy) is 3. The number of aromatic nitrogens is 1. The summed E-state index contributed by atoms with van der Waals surface area (Å²) in [6, 6.07) is 7.29. The maximum Gasteiger partial charge on any atom is 0.354 e. The van der Waals surface area contributed by atoms with Crippen LogP contribution in [0.5, 0.6) is 11.5 Å². The summed E-state index contributed by atoms with van der Waals surface area (Å²) in [4.78, 5) is 14.6. The van der Waals surface area contributed by atoms with E-state index in [9.17, 15) is 4.79 Å². The molecule has 0 amide bonds. The lowest BCUT2D eigenvalue weighted by molar-refractivity contribution is 0.0595. The van der Waals surface area contributed by atoms with E-state index < -0.39 is 5.97 Å². The van der Waals surface area contributed by atoms with Crippen molar-refractivity contribution in [1.29, 1.82) is 0 Å². The van der Waals surface area contributed by atoms with E-state index in [0.717, 1.165) is 15.7 Å². The average molecular weight is 368 g/mol. The Balaban J connectivity index is 2.41. The van der Waals surface area contributed by atoms with Crippen LogP contribution in [0.1, 0.15) is 24.3 Å². The van der Waals surface area contributed by atoms with E-state index in [2.05, 4.69) is 20.9 Å². The fraction of sp³-hybridized carbons (Fsp3) is 0.312. The fourth-order valence-electron chi connectivity index (χ4n) is 2.03. The number of benzene rings is 1. The second-order valence-electron chi connectivity index (χ2n) is 4.93. The molecule has 0 saturated carbocycles. The molecule has 2 aromatic rings. The highest BCUT2D eigenvalue weighted by atomic mass is 79.9. The predicted octanol–water partition coefficient (Wildman–Crippen LogP) is 4.03. The Morgan fingerprint density at radius 1 is 1.18 bits per heavy atom. The molecule has 1 N–H and O–H groups in total. The van der Waals surface area contributed by atoms with Gasteiger partial charge in [0.1, 0.15) is 5.69 Å². The molecule has 0 aliphatic heterocycles. The lowest BCUT2D eigenvalue weighted by Gasteiger charge is -2.14. The van der Waals surface area contributed by atoms with E-state index in [4.69, 9.17) is 14.2 Å². The second kappa shape index (κ2) is 6.87. The van der Waals surface area contributed by atoms with Crippen LogP contribution < -0.4 is 9.47 Å². The molecule has 5 nitrogen and oxygen atoms in total. The van der Waals surface area contributed by atoms with Gasteiger partial charge in [0.15, 0.2) is 11.5 Å². The molecule has 0 unspecified atom stereocenters. The first-order valence-electron chi connectivity index (χ1n) is 6.78. The minimum atomic E-state index is -0.418. The monoisotopic (exact) mass is 367 g/mol. The topological polar surface area (TPSA) is 60.6 Å². The Morgan fingerprint density at radius 2 is 1.91 bits per heavy atom. The Morgan fingerprint density at radius 3 is 2.50 bits per heavy atom. The maximum atomic E-state index is 11.6. The molecular weight excluding hydrogens is 350 g/mol. The minimum absolute atomic E-state index is 0.0582. The zero-order valence-corrected chi connectivity index (χ0v) is 14.5. The predicted molar refractivity (Wildman–Crippen MR) is 87.6 cm³/mol. The molecule has 0 aliphatic carbocycles. The molecule has 0 radical (unpaired) electrons.